The van der Waals surface area contributed by atoms with E-state index in [4.69, 9.17) is 4.42 Å². The van der Waals surface area contributed by atoms with Gasteiger partial charge in [0.2, 0.25) is 0 Å². The highest BCUT2D eigenvalue weighted by Gasteiger charge is 2.10. The van der Waals surface area contributed by atoms with Gasteiger partial charge in [-0.15, -0.1) is 11.3 Å². The number of furan rings is 1. The van der Waals surface area contributed by atoms with Crippen LogP contribution in [0.3, 0.4) is 0 Å². The summed E-state index contributed by atoms with van der Waals surface area (Å²) in [5, 5.41) is 3.91. The maximum Gasteiger partial charge on any atom is 0.163 e. The quantitative estimate of drug-likeness (QED) is 0.701. The standard InChI is InChI=1S/C15H16N2O3S2/c1-22(18,19)9-8-16-10-11-6-7-13(20-11)15-17-12-4-2-3-5-14(12)21-15/h2-7,16H,8-10H2,1H3. The minimum absolute atomic E-state index is 0.123. The van der Waals surface area contributed by atoms with Crippen molar-refractivity contribution >= 4 is 31.4 Å². The van der Waals surface area contributed by atoms with Gasteiger partial charge >= 0.3 is 0 Å². The first-order valence-corrected chi connectivity index (χ1v) is 9.72. The number of sulfone groups is 1. The van der Waals surface area contributed by atoms with E-state index in [9.17, 15) is 8.42 Å². The molecular formula is C15H16N2O3S2. The van der Waals surface area contributed by atoms with Crippen LogP contribution in [0.5, 0.6) is 0 Å². The number of hydrogen-bond acceptors (Lipinski definition) is 6. The van der Waals surface area contributed by atoms with Crippen molar-refractivity contribution in [3.63, 3.8) is 0 Å². The highest BCUT2D eigenvalue weighted by Crippen LogP contribution is 2.30. The largest absolute Gasteiger partial charge is 0.457 e. The molecule has 0 unspecified atom stereocenters. The Morgan fingerprint density at radius 3 is 2.82 bits per heavy atom. The predicted octanol–water partition coefficient (Wildman–Crippen LogP) is 2.69. The fraction of sp³-hybridized carbons (Fsp3) is 0.267. The molecule has 7 heteroatoms. The Hall–Kier alpha value is -1.70. The zero-order valence-electron chi connectivity index (χ0n) is 12.1. The summed E-state index contributed by atoms with van der Waals surface area (Å²) in [6.07, 6.45) is 1.23. The topological polar surface area (TPSA) is 72.2 Å². The third-order valence-electron chi connectivity index (χ3n) is 3.12. The van der Waals surface area contributed by atoms with Gasteiger partial charge in [0, 0.05) is 12.8 Å². The predicted molar refractivity (Wildman–Crippen MR) is 88.7 cm³/mol. The molecule has 0 atom stereocenters. The summed E-state index contributed by atoms with van der Waals surface area (Å²) < 4.78 is 29.0. The summed E-state index contributed by atoms with van der Waals surface area (Å²) in [5.74, 6) is 1.63. The molecule has 0 aliphatic rings. The Kier molecular flexibility index (Phi) is 4.28. The van der Waals surface area contributed by atoms with Gasteiger partial charge in [-0.05, 0) is 24.3 Å². The molecule has 0 bridgehead atoms. The minimum Gasteiger partial charge on any atom is -0.457 e. The molecular weight excluding hydrogens is 320 g/mol. The van der Waals surface area contributed by atoms with Crippen molar-refractivity contribution in [3.05, 3.63) is 42.2 Å². The average Bonchev–Trinajstić information content (AvgIpc) is 3.08. The molecule has 0 saturated heterocycles. The van der Waals surface area contributed by atoms with Gasteiger partial charge in [0.05, 0.1) is 22.5 Å². The zero-order chi connectivity index (χ0) is 15.6. The van der Waals surface area contributed by atoms with Crippen LogP contribution in [0, 0.1) is 0 Å². The van der Waals surface area contributed by atoms with Crippen molar-refractivity contribution in [2.75, 3.05) is 18.6 Å². The van der Waals surface area contributed by atoms with Crippen LogP contribution in [0.1, 0.15) is 5.76 Å². The molecule has 2 aromatic heterocycles. The lowest BCUT2D eigenvalue weighted by atomic mass is 10.3. The number of para-hydroxylation sites is 1. The summed E-state index contributed by atoms with van der Waals surface area (Å²) in [5.41, 5.74) is 0.965. The van der Waals surface area contributed by atoms with E-state index in [2.05, 4.69) is 10.3 Å². The van der Waals surface area contributed by atoms with Gasteiger partial charge in [-0.1, -0.05) is 12.1 Å². The SMILES string of the molecule is CS(=O)(=O)CCNCc1ccc(-c2nc3ccccc3s2)o1. The van der Waals surface area contributed by atoms with Gasteiger partial charge in [-0.2, -0.15) is 0 Å². The summed E-state index contributed by atoms with van der Waals surface area (Å²) in [7, 11) is -2.93. The second-order valence-electron chi connectivity index (χ2n) is 5.06. The summed E-state index contributed by atoms with van der Waals surface area (Å²) in [6.45, 7) is 0.913. The van der Waals surface area contributed by atoms with Crippen LogP contribution in [0.4, 0.5) is 0 Å². The number of nitrogens with zero attached hydrogens (tertiary/aromatic N) is 1. The van der Waals surface area contributed by atoms with Gasteiger partial charge in [-0.25, -0.2) is 13.4 Å². The van der Waals surface area contributed by atoms with Crippen molar-refractivity contribution in [1.82, 2.24) is 10.3 Å². The molecule has 0 amide bonds. The molecule has 0 aliphatic heterocycles. The molecule has 2 heterocycles. The molecule has 0 fully saturated rings. The molecule has 0 aliphatic carbocycles. The fourth-order valence-corrected chi connectivity index (χ4v) is 3.48. The molecule has 116 valence electrons. The number of hydrogen-bond donors (Lipinski definition) is 1. The Labute approximate surface area is 132 Å². The minimum atomic E-state index is -2.93. The Balaban J connectivity index is 1.66. The van der Waals surface area contributed by atoms with Gasteiger partial charge in [0.1, 0.15) is 15.6 Å². The lowest BCUT2D eigenvalue weighted by Gasteiger charge is -2.00. The maximum absolute atomic E-state index is 11.0. The molecule has 0 spiro atoms. The molecule has 3 aromatic rings. The first-order chi connectivity index (χ1) is 10.5. The highest BCUT2D eigenvalue weighted by molar-refractivity contribution is 7.90. The van der Waals surface area contributed by atoms with E-state index in [1.165, 1.54) is 6.26 Å². The third-order valence-corrected chi connectivity index (χ3v) is 5.11. The lowest BCUT2D eigenvalue weighted by Crippen LogP contribution is -2.21. The second-order valence-corrected chi connectivity index (χ2v) is 8.35. The van der Waals surface area contributed by atoms with Gasteiger partial charge in [0.25, 0.3) is 0 Å². The molecule has 0 radical (unpaired) electrons. The molecule has 0 saturated carbocycles. The first kappa shape index (κ1) is 15.2. The van der Waals surface area contributed by atoms with E-state index in [-0.39, 0.29) is 5.75 Å². The van der Waals surface area contributed by atoms with E-state index in [1.54, 1.807) is 11.3 Å². The molecule has 1 aromatic carbocycles. The lowest BCUT2D eigenvalue weighted by molar-refractivity contribution is 0.497. The zero-order valence-corrected chi connectivity index (χ0v) is 13.7. The second kappa shape index (κ2) is 6.20. The highest BCUT2D eigenvalue weighted by atomic mass is 32.2. The van der Waals surface area contributed by atoms with Crippen molar-refractivity contribution in [2.45, 2.75) is 6.54 Å². The maximum atomic E-state index is 11.0. The summed E-state index contributed by atoms with van der Waals surface area (Å²) >= 11 is 1.59. The number of aromatic nitrogens is 1. The van der Waals surface area contributed by atoms with Crippen molar-refractivity contribution in [1.29, 1.82) is 0 Å². The monoisotopic (exact) mass is 336 g/mol. The number of rotatable bonds is 6. The molecule has 3 rings (SSSR count). The Morgan fingerprint density at radius 1 is 1.23 bits per heavy atom. The summed E-state index contributed by atoms with van der Waals surface area (Å²) in [6, 6.07) is 11.7. The van der Waals surface area contributed by atoms with Crippen LogP contribution in [-0.2, 0) is 16.4 Å². The van der Waals surface area contributed by atoms with Crippen molar-refractivity contribution in [2.24, 2.45) is 0 Å². The van der Waals surface area contributed by atoms with Crippen LogP contribution in [0.15, 0.2) is 40.8 Å². The van der Waals surface area contributed by atoms with E-state index in [1.807, 2.05) is 36.4 Å². The Bertz CT molecular complexity index is 848. The first-order valence-electron chi connectivity index (χ1n) is 6.84. The molecule has 5 nitrogen and oxygen atoms in total. The number of nitrogens with one attached hydrogen (secondary N) is 1. The number of benzene rings is 1. The number of fused-ring (bicyclic) bond motifs is 1. The Morgan fingerprint density at radius 2 is 2.05 bits per heavy atom. The van der Waals surface area contributed by atoms with E-state index in [0.717, 1.165) is 26.7 Å². The van der Waals surface area contributed by atoms with Gasteiger partial charge in [0.15, 0.2) is 10.8 Å². The van der Waals surface area contributed by atoms with E-state index < -0.39 is 9.84 Å². The molecule has 1 N–H and O–H groups in total. The van der Waals surface area contributed by atoms with Gasteiger partial charge < -0.3 is 9.73 Å². The van der Waals surface area contributed by atoms with Crippen molar-refractivity contribution < 1.29 is 12.8 Å². The number of thiazole rings is 1. The van der Waals surface area contributed by atoms with Crippen LogP contribution >= 0.6 is 11.3 Å². The normalized spacial score (nSPS) is 12.0. The molecule has 22 heavy (non-hydrogen) atoms. The third kappa shape index (κ3) is 3.73. The van der Waals surface area contributed by atoms with E-state index >= 15 is 0 Å². The summed E-state index contributed by atoms with van der Waals surface area (Å²) in [4.78, 5) is 4.55. The van der Waals surface area contributed by atoms with Gasteiger partial charge in [-0.3, -0.25) is 0 Å². The average molecular weight is 336 g/mol. The van der Waals surface area contributed by atoms with Crippen LogP contribution < -0.4 is 5.32 Å². The van der Waals surface area contributed by atoms with Crippen molar-refractivity contribution in [3.8, 4) is 10.8 Å². The van der Waals surface area contributed by atoms with E-state index in [0.29, 0.717) is 13.1 Å². The smallest absolute Gasteiger partial charge is 0.163 e. The fourth-order valence-electron chi connectivity index (χ4n) is 2.03. The van der Waals surface area contributed by atoms with Crippen LogP contribution in [0.2, 0.25) is 0 Å². The van der Waals surface area contributed by atoms with Crippen LogP contribution in [-0.4, -0.2) is 32.0 Å². The van der Waals surface area contributed by atoms with Crippen LogP contribution in [0.25, 0.3) is 21.0 Å².